The normalized spacial score (nSPS) is 16.0. The molecule has 2 aliphatic carbocycles. The second-order valence-electron chi connectivity index (χ2n) is 32.1. The van der Waals surface area contributed by atoms with Gasteiger partial charge < -0.3 is 0 Å². The van der Waals surface area contributed by atoms with Gasteiger partial charge in [-0.1, -0.05) is 149 Å². The number of hydrogen-bond donors (Lipinski definition) is 0. The van der Waals surface area contributed by atoms with Crippen LogP contribution < -0.4 is 0 Å². The maximum atomic E-state index is 2.77. The summed E-state index contributed by atoms with van der Waals surface area (Å²) in [5.41, 5.74) is 11.1. The number of hydrogen-bond acceptors (Lipinski definition) is 0. The highest BCUT2D eigenvalue weighted by atomic mass is 14.5. The molecule has 0 nitrogen and oxygen atoms in total. The monoisotopic (exact) mass is 1170 g/mol. The van der Waals surface area contributed by atoms with Crippen LogP contribution in [0, 0.1) is 27.7 Å². The molecule has 28 aromatic rings. The van der Waals surface area contributed by atoms with Crippen molar-refractivity contribution in [3.8, 4) is 0 Å². The Morgan fingerprint density at radius 1 is 0.138 bits per heavy atom. The molecule has 0 spiro atoms. The predicted octanol–water partition coefficient (Wildman–Crippen LogP) is 26.9. The van der Waals surface area contributed by atoms with Gasteiger partial charge in [-0.2, -0.15) is 0 Å². The molecule has 30 rings (SSSR count). The number of rotatable bonds is 0. The van der Waals surface area contributed by atoms with E-state index in [-0.39, 0.29) is 10.8 Å². The second kappa shape index (κ2) is 12.3. The molecule has 0 fully saturated rings. The average molecular weight is 1180 g/mol. The molecule has 0 N–H and O–H groups in total. The Bertz CT molecular complexity index is 8190. The Labute approximate surface area is 531 Å². The molecule has 422 valence electrons. The van der Waals surface area contributed by atoms with Gasteiger partial charge in [-0.15, -0.1) is 0 Å². The Morgan fingerprint density at radius 3 is 0.500 bits per heavy atom. The second-order valence-corrected chi connectivity index (χ2v) is 32.1. The summed E-state index contributed by atoms with van der Waals surface area (Å²) < 4.78 is 0. The minimum atomic E-state index is -0.146. The molecule has 0 unspecified atom stereocenters. The van der Waals surface area contributed by atoms with Gasteiger partial charge in [0.25, 0.3) is 0 Å². The van der Waals surface area contributed by atoms with E-state index in [4.69, 9.17) is 0 Å². The Kier molecular flexibility index (Phi) is 5.85. The van der Waals surface area contributed by atoms with E-state index in [2.05, 4.69) is 189 Å². The summed E-state index contributed by atoms with van der Waals surface area (Å²) in [5, 5.41) is 78.6. The summed E-state index contributed by atoms with van der Waals surface area (Å²) in [4.78, 5) is 0. The minimum absolute atomic E-state index is 0.146. The van der Waals surface area contributed by atoms with Gasteiger partial charge in [0.05, 0.1) is 0 Å². The zero-order valence-electron chi connectivity index (χ0n) is 52.7. The van der Waals surface area contributed by atoms with E-state index in [0.29, 0.717) is 0 Å². The molecule has 0 saturated heterocycles. The third kappa shape index (κ3) is 3.62. The average Bonchev–Trinajstić information content (AvgIpc) is 0.905. The Hall–Kier alpha value is -10.9. The van der Waals surface area contributed by atoms with Crippen molar-refractivity contribution in [3.05, 3.63) is 178 Å². The molecule has 0 aliphatic heterocycles. The minimum Gasteiger partial charge on any atom is -0.0580 e. The predicted molar refractivity (Wildman–Crippen MR) is 410 cm³/mol. The van der Waals surface area contributed by atoms with E-state index in [1.54, 1.807) is 0 Å². The first-order valence-electron chi connectivity index (χ1n) is 34.5. The van der Waals surface area contributed by atoms with Crippen molar-refractivity contribution >= 4 is 291 Å². The van der Waals surface area contributed by atoms with E-state index >= 15 is 0 Å². The molecule has 0 atom stereocenters. The summed E-state index contributed by atoms with van der Waals surface area (Å²) in [6.45, 7) is 19.6. The van der Waals surface area contributed by atoms with E-state index in [1.165, 1.54) is 335 Å². The van der Waals surface area contributed by atoms with Crippen LogP contribution in [0.4, 0.5) is 0 Å². The van der Waals surface area contributed by atoms with Gasteiger partial charge >= 0.3 is 0 Å². The summed E-state index contributed by atoms with van der Waals surface area (Å²) in [7, 11) is 0. The SMILES string of the molecule is Cc1ccc2c3ccc4c5c6c(ccc7c8ccc9c%10cc%11c%12ccc(C)c%13c%14c(C)ccc%15c%16ccc%17c%18c%19c(ccc%20c%21ccc%22c%23cc%24c%25ccc(C)c%26c1c2c1c(c35)c(c76)c2c8c9c(c%23c%10c3c%22c%21c5c(c%20%19)c(c%16%18)c(c%15%14)c(c%12%13)c5c%113)c%24c2c1c%25%26)C%17(C)C)C4(C)C. The summed E-state index contributed by atoms with van der Waals surface area (Å²) in [6.07, 6.45) is 0. The van der Waals surface area contributed by atoms with Crippen molar-refractivity contribution in [1.29, 1.82) is 0 Å². The highest BCUT2D eigenvalue weighted by molar-refractivity contribution is 6.69. The fourth-order valence-corrected chi connectivity index (χ4v) is 25.2. The molecule has 0 radical (unpaired) electrons. The van der Waals surface area contributed by atoms with Gasteiger partial charge in [-0.05, 0) is 375 Å². The van der Waals surface area contributed by atoms with Gasteiger partial charge in [-0.3, -0.25) is 0 Å². The Balaban J connectivity index is 0.965. The highest BCUT2D eigenvalue weighted by Gasteiger charge is 2.44. The lowest BCUT2D eigenvalue weighted by molar-refractivity contribution is 0.663. The van der Waals surface area contributed by atoms with Crippen LogP contribution in [0.1, 0.15) is 72.2 Å². The van der Waals surface area contributed by atoms with E-state index in [0.717, 1.165) is 0 Å². The van der Waals surface area contributed by atoms with Crippen LogP contribution in [0.2, 0.25) is 0 Å². The van der Waals surface area contributed by atoms with Gasteiger partial charge in [0.1, 0.15) is 0 Å². The molecule has 94 heavy (non-hydrogen) atoms. The van der Waals surface area contributed by atoms with Crippen LogP contribution in [0.5, 0.6) is 0 Å². The standard InChI is InChI=1S/C94H46/c1-31-9-13-35-39-21-25-51-75-67(39)87-81-59(35)55(31)57-33(3)11-15-43-49-29-47-45-19-18-38-42-24-28-54-78-70(42)90-86-64(38)66(45)80-72-48(46-20-17-37-41-23-27-53(93(51,5)6)77(75)69(41)89(87)85-63(37)65(46)79(71(47)72)73(49)91(85)83(81)61(43)57)30-50-44-16-12-34(4)58-56-32(2)10-14-36-40-22-26-52(94(54,7)8)76(78)68(40)88(90)82(60(36)56)84(62(44)58)92(86)74(50)80/h9-30H,1-8H3. The molecule has 0 heteroatoms. The van der Waals surface area contributed by atoms with Crippen molar-refractivity contribution in [1.82, 2.24) is 0 Å². The van der Waals surface area contributed by atoms with Crippen molar-refractivity contribution in [2.24, 2.45) is 0 Å². The number of fused-ring (bicyclic) bond motifs is 10. The van der Waals surface area contributed by atoms with Crippen molar-refractivity contribution < 1.29 is 0 Å². The van der Waals surface area contributed by atoms with E-state index in [9.17, 15) is 0 Å². The summed E-state index contributed by atoms with van der Waals surface area (Å²) >= 11 is 0. The Morgan fingerprint density at radius 2 is 0.277 bits per heavy atom. The molecule has 0 saturated carbocycles. The summed E-state index contributed by atoms with van der Waals surface area (Å²) in [5.74, 6) is 0. The van der Waals surface area contributed by atoms with Crippen LogP contribution >= 0.6 is 0 Å². The lowest BCUT2D eigenvalue weighted by Crippen LogP contribution is -2.15. The molecule has 0 bridgehead atoms. The lowest BCUT2D eigenvalue weighted by atomic mass is 9.69. The molecule has 0 amide bonds. The zero-order valence-corrected chi connectivity index (χ0v) is 52.7. The van der Waals surface area contributed by atoms with Crippen LogP contribution in [0.3, 0.4) is 0 Å². The first-order valence-corrected chi connectivity index (χ1v) is 34.5. The maximum Gasteiger partial charge on any atom is 0.0159 e. The molecular weight excluding hydrogens is 1130 g/mol. The van der Waals surface area contributed by atoms with Crippen molar-refractivity contribution in [2.45, 2.75) is 66.2 Å². The largest absolute Gasteiger partial charge is 0.0580 e. The molecule has 0 heterocycles. The molecule has 0 aromatic heterocycles. The first kappa shape index (κ1) is 44.6. The zero-order chi connectivity index (χ0) is 60.4. The maximum absolute atomic E-state index is 2.77. The third-order valence-electron chi connectivity index (χ3n) is 28.3. The topological polar surface area (TPSA) is 0 Å². The van der Waals surface area contributed by atoms with Crippen LogP contribution in [-0.2, 0) is 10.8 Å². The highest BCUT2D eigenvalue weighted by Crippen LogP contribution is 2.69. The van der Waals surface area contributed by atoms with E-state index < -0.39 is 0 Å². The fourth-order valence-electron chi connectivity index (χ4n) is 25.2. The van der Waals surface area contributed by atoms with Gasteiger partial charge in [0, 0.05) is 10.8 Å². The lowest BCUT2D eigenvalue weighted by Gasteiger charge is -2.33. The number of aryl methyl sites for hydroxylation is 4. The van der Waals surface area contributed by atoms with E-state index in [1.807, 2.05) is 0 Å². The van der Waals surface area contributed by atoms with Crippen LogP contribution in [0.15, 0.2) is 133 Å². The van der Waals surface area contributed by atoms with Gasteiger partial charge in [0.15, 0.2) is 0 Å². The molecule has 28 aromatic carbocycles. The molecule has 2 aliphatic rings. The quantitative estimate of drug-likeness (QED) is 0.105. The van der Waals surface area contributed by atoms with Crippen LogP contribution in [-0.4, -0.2) is 0 Å². The van der Waals surface area contributed by atoms with Crippen molar-refractivity contribution in [2.75, 3.05) is 0 Å². The number of benzene rings is 28. The van der Waals surface area contributed by atoms with Gasteiger partial charge in [-0.25, -0.2) is 0 Å². The smallest absolute Gasteiger partial charge is 0.0159 e. The molecular formula is C94H46. The first-order chi connectivity index (χ1) is 45.9. The summed E-state index contributed by atoms with van der Waals surface area (Å²) in [6, 6.07) is 56.5. The van der Waals surface area contributed by atoms with Gasteiger partial charge in [0.2, 0.25) is 0 Å². The fraction of sp³-hybridized carbons (Fsp3) is 0.106. The third-order valence-corrected chi connectivity index (χ3v) is 28.3. The van der Waals surface area contributed by atoms with Crippen molar-refractivity contribution in [3.63, 3.8) is 0 Å². The van der Waals surface area contributed by atoms with Crippen LogP contribution in [0.25, 0.3) is 291 Å².